The number of hydrogen-bond donors (Lipinski definition) is 3. The lowest BCUT2D eigenvalue weighted by Crippen LogP contribution is -2.36. The predicted molar refractivity (Wildman–Crippen MR) is 66.1 cm³/mol. The molecule has 17 heavy (non-hydrogen) atoms. The van der Waals surface area contributed by atoms with Crippen LogP contribution >= 0.6 is 0 Å². The number of methoxy groups -OCH3 is 1. The molecule has 0 saturated carbocycles. The third-order valence-corrected chi connectivity index (χ3v) is 2.89. The van der Waals surface area contributed by atoms with Gasteiger partial charge in [0.25, 0.3) is 5.91 Å². The van der Waals surface area contributed by atoms with Crippen molar-refractivity contribution in [3.05, 3.63) is 23.8 Å². The molecule has 5 heteroatoms. The average molecular weight is 235 g/mol. The summed E-state index contributed by atoms with van der Waals surface area (Å²) in [5, 5.41) is 6.17. The predicted octanol–water partition coefficient (Wildman–Crippen LogP) is 0.369. The molecular weight excluding hydrogens is 218 g/mol. The zero-order chi connectivity index (χ0) is 12.3. The van der Waals surface area contributed by atoms with Crippen molar-refractivity contribution in [3.63, 3.8) is 0 Å². The Bertz CT molecular complexity index is 414. The number of carbonyl (C=O) groups is 1. The van der Waals surface area contributed by atoms with Crippen LogP contribution in [0.15, 0.2) is 18.2 Å². The molecule has 1 atom stereocenters. The second-order valence-corrected chi connectivity index (χ2v) is 4.12. The quantitative estimate of drug-likeness (QED) is 0.662. The van der Waals surface area contributed by atoms with Crippen LogP contribution < -0.4 is 21.1 Å². The Kier molecular flexibility index (Phi) is 3.49. The maximum absolute atomic E-state index is 11.9. The molecule has 1 amide bonds. The summed E-state index contributed by atoms with van der Waals surface area (Å²) in [6.07, 6.45) is 0.970. The van der Waals surface area contributed by atoms with E-state index in [1.165, 1.54) is 7.11 Å². The number of hydrogen-bond acceptors (Lipinski definition) is 4. The Morgan fingerprint density at radius 1 is 1.59 bits per heavy atom. The third kappa shape index (κ3) is 2.68. The number of nitrogens with one attached hydrogen (secondary N) is 2. The van der Waals surface area contributed by atoms with Crippen molar-refractivity contribution >= 4 is 11.6 Å². The lowest BCUT2D eigenvalue weighted by molar-refractivity contribution is 0.0940. The van der Waals surface area contributed by atoms with Crippen LogP contribution in [0.1, 0.15) is 16.8 Å². The Balaban J connectivity index is 2.07. The number of nitrogens with two attached hydrogens (primary N) is 1. The van der Waals surface area contributed by atoms with Gasteiger partial charge in [-0.25, -0.2) is 0 Å². The van der Waals surface area contributed by atoms with E-state index in [1.54, 1.807) is 18.2 Å². The number of anilines is 1. The molecule has 1 aliphatic heterocycles. The summed E-state index contributed by atoms with van der Waals surface area (Å²) in [6.45, 7) is 1.79. The number of nitrogen functional groups attached to an aromatic ring is 1. The van der Waals surface area contributed by atoms with Crippen LogP contribution in [0.5, 0.6) is 5.75 Å². The summed E-state index contributed by atoms with van der Waals surface area (Å²) in [5.41, 5.74) is 6.80. The molecule has 0 aromatic heterocycles. The van der Waals surface area contributed by atoms with E-state index in [-0.39, 0.29) is 11.9 Å². The summed E-state index contributed by atoms with van der Waals surface area (Å²) < 4.78 is 5.09. The van der Waals surface area contributed by atoms with Gasteiger partial charge in [-0.05, 0) is 31.2 Å². The molecule has 0 radical (unpaired) electrons. The van der Waals surface area contributed by atoms with Gasteiger partial charge in [0, 0.05) is 18.2 Å². The monoisotopic (exact) mass is 235 g/mol. The standard InChI is InChI=1S/C12H17N3O2/c1-17-11-6-8(2-3-10(11)13)12(16)15-9-4-5-14-7-9/h2-3,6,9,14H,4-5,7,13H2,1H3,(H,15,16). The molecule has 1 aliphatic rings. The molecule has 1 heterocycles. The lowest BCUT2D eigenvalue weighted by Gasteiger charge is -2.12. The van der Waals surface area contributed by atoms with Crippen LogP contribution in [0, 0.1) is 0 Å². The number of carbonyl (C=O) groups excluding carboxylic acids is 1. The van der Waals surface area contributed by atoms with E-state index in [1.807, 2.05) is 0 Å². The molecule has 1 saturated heterocycles. The molecule has 92 valence electrons. The molecule has 1 aromatic rings. The molecule has 1 aromatic carbocycles. The van der Waals surface area contributed by atoms with Crippen LogP contribution in [-0.2, 0) is 0 Å². The Hall–Kier alpha value is -1.75. The maximum Gasteiger partial charge on any atom is 0.251 e. The minimum absolute atomic E-state index is 0.0861. The van der Waals surface area contributed by atoms with E-state index in [0.717, 1.165) is 19.5 Å². The van der Waals surface area contributed by atoms with Crippen molar-refractivity contribution in [2.45, 2.75) is 12.5 Å². The van der Waals surface area contributed by atoms with Crippen LogP contribution in [0.3, 0.4) is 0 Å². The molecule has 2 rings (SSSR count). The minimum atomic E-state index is -0.0861. The molecule has 1 fully saturated rings. The topological polar surface area (TPSA) is 76.4 Å². The number of ether oxygens (including phenoxy) is 1. The first kappa shape index (κ1) is 11.7. The maximum atomic E-state index is 11.9. The van der Waals surface area contributed by atoms with Gasteiger partial charge < -0.3 is 21.1 Å². The first-order valence-electron chi connectivity index (χ1n) is 5.66. The highest BCUT2D eigenvalue weighted by Crippen LogP contribution is 2.22. The summed E-state index contributed by atoms with van der Waals surface area (Å²) in [5.74, 6) is 0.444. The molecular formula is C12H17N3O2. The van der Waals surface area contributed by atoms with Crippen molar-refractivity contribution in [1.82, 2.24) is 10.6 Å². The van der Waals surface area contributed by atoms with E-state index in [0.29, 0.717) is 17.0 Å². The fraction of sp³-hybridized carbons (Fsp3) is 0.417. The van der Waals surface area contributed by atoms with E-state index in [2.05, 4.69) is 10.6 Å². The lowest BCUT2D eigenvalue weighted by atomic mass is 10.1. The van der Waals surface area contributed by atoms with Gasteiger partial charge in [0.2, 0.25) is 0 Å². The normalized spacial score (nSPS) is 19.0. The highest BCUT2D eigenvalue weighted by molar-refractivity contribution is 5.95. The van der Waals surface area contributed by atoms with Crippen molar-refractivity contribution < 1.29 is 9.53 Å². The molecule has 1 unspecified atom stereocenters. The molecule has 4 N–H and O–H groups in total. The zero-order valence-corrected chi connectivity index (χ0v) is 9.82. The Morgan fingerprint density at radius 2 is 2.41 bits per heavy atom. The first-order valence-corrected chi connectivity index (χ1v) is 5.66. The highest BCUT2D eigenvalue weighted by Gasteiger charge is 2.18. The van der Waals surface area contributed by atoms with E-state index in [4.69, 9.17) is 10.5 Å². The molecule has 0 bridgehead atoms. The number of amides is 1. The van der Waals surface area contributed by atoms with E-state index >= 15 is 0 Å². The fourth-order valence-electron chi connectivity index (χ4n) is 1.90. The highest BCUT2D eigenvalue weighted by atomic mass is 16.5. The number of benzene rings is 1. The summed E-state index contributed by atoms with van der Waals surface area (Å²) >= 11 is 0. The van der Waals surface area contributed by atoms with Crippen LogP contribution in [0.2, 0.25) is 0 Å². The molecule has 0 aliphatic carbocycles. The van der Waals surface area contributed by atoms with Gasteiger partial charge in [-0.15, -0.1) is 0 Å². The Morgan fingerprint density at radius 3 is 3.06 bits per heavy atom. The summed E-state index contributed by atoms with van der Waals surface area (Å²) in [6, 6.07) is 5.26. The second-order valence-electron chi connectivity index (χ2n) is 4.12. The van der Waals surface area contributed by atoms with Gasteiger partial charge in [-0.1, -0.05) is 0 Å². The molecule has 0 spiro atoms. The van der Waals surface area contributed by atoms with E-state index < -0.39 is 0 Å². The minimum Gasteiger partial charge on any atom is -0.495 e. The largest absolute Gasteiger partial charge is 0.495 e. The van der Waals surface area contributed by atoms with Gasteiger partial charge in [0.05, 0.1) is 12.8 Å². The number of rotatable bonds is 3. The van der Waals surface area contributed by atoms with Crippen molar-refractivity contribution in [2.75, 3.05) is 25.9 Å². The SMILES string of the molecule is COc1cc(C(=O)NC2CCNC2)ccc1N. The van der Waals surface area contributed by atoms with Gasteiger partial charge in [0.15, 0.2) is 0 Å². The van der Waals surface area contributed by atoms with Gasteiger partial charge in [0.1, 0.15) is 5.75 Å². The van der Waals surface area contributed by atoms with E-state index in [9.17, 15) is 4.79 Å². The first-order chi connectivity index (χ1) is 8.20. The summed E-state index contributed by atoms with van der Waals surface area (Å²) in [7, 11) is 1.54. The van der Waals surface area contributed by atoms with Crippen molar-refractivity contribution in [2.24, 2.45) is 0 Å². The van der Waals surface area contributed by atoms with Gasteiger partial charge in [-0.3, -0.25) is 4.79 Å². The average Bonchev–Trinajstić information content (AvgIpc) is 2.82. The fourth-order valence-corrected chi connectivity index (χ4v) is 1.90. The third-order valence-electron chi connectivity index (χ3n) is 2.89. The van der Waals surface area contributed by atoms with Gasteiger partial charge in [-0.2, -0.15) is 0 Å². The van der Waals surface area contributed by atoms with Gasteiger partial charge >= 0.3 is 0 Å². The second kappa shape index (κ2) is 5.05. The van der Waals surface area contributed by atoms with Crippen molar-refractivity contribution in [1.29, 1.82) is 0 Å². The van der Waals surface area contributed by atoms with Crippen molar-refractivity contribution in [3.8, 4) is 5.75 Å². The Labute approximate surface area is 100 Å². The van der Waals surface area contributed by atoms with Crippen LogP contribution in [0.25, 0.3) is 0 Å². The summed E-state index contributed by atoms with van der Waals surface area (Å²) in [4.78, 5) is 11.9. The zero-order valence-electron chi connectivity index (χ0n) is 9.82. The smallest absolute Gasteiger partial charge is 0.251 e. The van der Waals surface area contributed by atoms with Crippen LogP contribution in [0.4, 0.5) is 5.69 Å². The molecule has 5 nitrogen and oxygen atoms in total. The van der Waals surface area contributed by atoms with Crippen LogP contribution in [-0.4, -0.2) is 32.1 Å².